The Morgan fingerprint density at radius 2 is 2.30 bits per heavy atom. The van der Waals surface area contributed by atoms with E-state index in [-0.39, 0.29) is 6.03 Å². The Kier molecular flexibility index (Phi) is 2.20. The Morgan fingerprint density at radius 1 is 1.50 bits per heavy atom. The fourth-order valence-corrected chi connectivity index (χ4v) is 0.853. The van der Waals surface area contributed by atoms with E-state index in [1.807, 2.05) is 0 Å². The number of rotatable bonds is 1. The Balaban J connectivity index is 2.51. The highest BCUT2D eigenvalue weighted by molar-refractivity contribution is 5.73. The Bertz CT molecular complexity index is 148. The monoisotopic (exact) mass is 143 g/mol. The van der Waals surface area contributed by atoms with Crippen molar-refractivity contribution in [1.82, 2.24) is 10.3 Å². The Hall–Kier alpha value is -1.13. The number of nitroso groups, excluding NO2 is 1. The molecule has 2 amide bonds. The van der Waals surface area contributed by atoms with Gasteiger partial charge < -0.3 is 5.32 Å². The van der Waals surface area contributed by atoms with Gasteiger partial charge in [0.15, 0.2) is 0 Å². The lowest BCUT2D eigenvalue weighted by Crippen LogP contribution is -2.34. The molecule has 1 heterocycles. The molecule has 0 aromatic heterocycles. The van der Waals surface area contributed by atoms with Crippen molar-refractivity contribution in [3.05, 3.63) is 4.91 Å². The molecule has 1 rings (SSSR count). The summed E-state index contributed by atoms with van der Waals surface area (Å²) in [5.74, 6) is 0. The van der Waals surface area contributed by atoms with Gasteiger partial charge >= 0.3 is 6.03 Å². The van der Waals surface area contributed by atoms with Crippen LogP contribution in [0, 0.1) is 4.91 Å². The van der Waals surface area contributed by atoms with Gasteiger partial charge in [0.1, 0.15) is 0 Å². The highest BCUT2D eigenvalue weighted by Crippen LogP contribution is 2.00. The van der Waals surface area contributed by atoms with Gasteiger partial charge in [-0.25, -0.2) is 4.79 Å². The van der Waals surface area contributed by atoms with Gasteiger partial charge in [0.25, 0.3) is 0 Å². The van der Waals surface area contributed by atoms with Crippen molar-refractivity contribution in [2.24, 2.45) is 5.29 Å². The van der Waals surface area contributed by atoms with Crippen molar-refractivity contribution in [2.45, 2.75) is 12.8 Å². The van der Waals surface area contributed by atoms with Crippen LogP contribution in [0.3, 0.4) is 0 Å². The average Bonchev–Trinajstić information content (AvgIpc) is 2.13. The molecule has 0 unspecified atom stereocenters. The van der Waals surface area contributed by atoms with Crippen LogP contribution in [0.5, 0.6) is 0 Å². The topological polar surface area (TPSA) is 61.8 Å². The molecule has 1 aliphatic rings. The second-order valence-corrected chi connectivity index (χ2v) is 2.14. The molecule has 0 spiro atoms. The van der Waals surface area contributed by atoms with E-state index >= 15 is 0 Å². The standard InChI is InChI=1S/C5H9N3O2/c9-5-6-3-1-2-4-8(5)7-10/h1-4H2,(H,6,9). The van der Waals surface area contributed by atoms with Crippen molar-refractivity contribution in [1.29, 1.82) is 0 Å². The van der Waals surface area contributed by atoms with Crippen LogP contribution in [0.25, 0.3) is 0 Å². The fraction of sp³-hybridized carbons (Fsp3) is 0.800. The van der Waals surface area contributed by atoms with Gasteiger partial charge in [-0.15, -0.1) is 4.91 Å². The average molecular weight is 143 g/mol. The molecule has 1 N–H and O–H groups in total. The van der Waals surface area contributed by atoms with Crippen LogP contribution >= 0.6 is 0 Å². The molecule has 5 heteroatoms. The molecule has 1 aliphatic heterocycles. The van der Waals surface area contributed by atoms with Crippen LogP contribution in [0.4, 0.5) is 4.79 Å². The van der Waals surface area contributed by atoms with Crippen molar-refractivity contribution in [3.63, 3.8) is 0 Å². The van der Waals surface area contributed by atoms with E-state index in [9.17, 15) is 9.70 Å². The van der Waals surface area contributed by atoms with Gasteiger partial charge in [-0.05, 0) is 12.8 Å². The predicted octanol–water partition coefficient (Wildman–Crippen LogP) is 0.473. The van der Waals surface area contributed by atoms with Gasteiger partial charge in [-0.2, -0.15) is 5.01 Å². The summed E-state index contributed by atoms with van der Waals surface area (Å²) < 4.78 is 0. The molecule has 56 valence electrons. The number of carbonyl (C=O) groups is 1. The number of amides is 2. The van der Waals surface area contributed by atoms with E-state index in [4.69, 9.17) is 0 Å². The summed E-state index contributed by atoms with van der Waals surface area (Å²) in [5.41, 5.74) is 0. The van der Waals surface area contributed by atoms with Crippen molar-refractivity contribution < 1.29 is 4.79 Å². The zero-order valence-electron chi connectivity index (χ0n) is 5.54. The summed E-state index contributed by atoms with van der Waals surface area (Å²) in [6.45, 7) is 1.08. The third-order valence-corrected chi connectivity index (χ3v) is 1.41. The van der Waals surface area contributed by atoms with E-state index < -0.39 is 0 Å². The lowest BCUT2D eigenvalue weighted by Gasteiger charge is -2.07. The normalized spacial score (nSPS) is 19.6. The molecule has 0 aliphatic carbocycles. The van der Waals surface area contributed by atoms with Gasteiger partial charge in [0.2, 0.25) is 0 Å². The first-order valence-corrected chi connectivity index (χ1v) is 3.23. The largest absolute Gasteiger partial charge is 0.340 e. The molecule has 1 fully saturated rings. The quantitative estimate of drug-likeness (QED) is 0.542. The van der Waals surface area contributed by atoms with Gasteiger partial charge in [-0.3, -0.25) is 0 Å². The first-order valence-electron chi connectivity index (χ1n) is 3.23. The molecule has 0 aromatic carbocycles. The molecule has 0 saturated carbocycles. The van der Waals surface area contributed by atoms with Crippen LogP contribution < -0.4 is 5.32 Å². The first-order chi connectivity index (χ1) is 4.84. The number of nitrogens with zero attached hydrogens (tertiary/aromatic N) is 2. The molecule has 5 nitrogen and oxygen atoms in total. The van der Waals surface area contributed by atoms with Crippen LogP contribution in [0.1, 0.15) is 12.8 Å². The molecular weight excluding hydrogens is 134 g/mol. The van der Waals surface area contributed by atoms with Crippen molar-refractivity contribution in [3.8, 4) is 0 Å². The highest BCUT2D eigenvalue weighted by Gasteiger charge is 2.15. The fourth-order valence-electron chi connectivity index (χ4n) is 0.853. The molecule has 10 heavy (non-hydrogen) atoms. The Labute approximate surface area is 58.3 Å². The van der Waals surface area contributed by atoms with Crippen LogP contribution in [0.2, 0.25) is 0 Å². The highest BCUT2D eigenvalue weighted by atomic mass is 16.3. The second-order valence-electron chi connectivity index (χ2n) is 2.14. The molecule has 0 aromatic rings. The minimum atomic E-state index is -0.382. The zero-order valence-corrected chi connectivity index (χ0v) is 5.54. The SMILES string of the molecule is O=NN1CCCCNC1=O. The number of hydrogen-bond acceptors (Lipinski definition) is 3. The second kappa shape index (κ2) is 3.14. The minimum absolute atomic E-state index is 0.382. The maximum absolute atomic E-state index is 10.8. The summed E-state index contributed by atoms with van der Waals surface area (Å²) in [6.07, 6.45) is 1.75. The first kappa shape index (κ1) is 6.98. The number of carbonyl (C=O) groups excluding carboxylic acids is 1. The number of nitrogens with one attached hydrogen (secondary N) is 1. The lowest BCUT2D eigenvalue weighted by molar-refractivity contribution is 0.204. The summed E-state index contributed by atoms with van der Waals surface area (Å²) >= 11 is 0. The smallest absolute Gasteiger partial charge is 0.336 e. The Morgan fingerprint density at radius 3 is 3.00 bits per heavy atom. The van der Waals surface area contributed by atoms with E-state index in [1.165, 1.54) is 0 Å². The van der Waals surface area contributed by atoms with E-state index in [0.717, 1.165) is 17.9 Å². The molecule has 0 radical (unpaired) electrons. The maximum atomic E-state index is 10.8. The molecule has 1 saturated heterocycles. The number of urea groups is 1. The number of hydrogen-bond donors (Lipinski definition) is 1. The maximum Gasteiger partial charge on any atom is 0.340 e. The summed E-state index contributed by atoms with van der Waals surface area (Å²) in [5, 5.41) is 6.01. The van der Waals surface area contributed by atoms with E-state index in [1.54, 1.807) is 0 Å². The van der Waals surface area contributed by atoms with Gasteiger partial charge in [0, 0.05) is 13.1 Å². The summed E-state index contributed by atoms with van der Waals surface area (Å²) in [4.78, 5) is 20.7. The minimum Gasteiger partial charge on any atom is -0.336 e. The summed E-state index contributed by atoms with van der Waals surface area (Å²) in [7, 11) is 0. The van der Waals surface area contributed by atoms with E-state index in [2.05, 4.69) is 10.6 Å². The van der Waals surface area contributed by atoms with Gasteiger partial charge in [0.05, 0.1) is 5.29 Å². The van der Waals surface area contributed by atoms with Crippen LogP contribution in [-0.2, 0) is 0 Å². The van der Waals surface area contributed by atoms with Crippen LogP contribution in [-0.4, -0.2) is 24.1 Å². The molecule has 0 atom stereocenters. The predicted molar refractivity (Wildman–Crippen MR) is 35.1 cm³/mol. The van der Waals surface area contributed by atoms with Crippen molar-refractivity contribution in [2.75, 3.05) is 13.1 Å². The van der Waals surface area contributed by atoms with Crippen LogP contribution in [0.15, 0.2) is 5.29 Å². The molecule has 0 bridgehead atoms. The third kappa shape index (κ3) is 1.43. The van der Waals surface area contributed by atoms with Gasteiger partial charge in [-0.1, -0.05) is 0 Å². The van der Waals surface area contributed by atoms with Crippen molar-refractivity contribution >= 4 is 6.03 Å². The zero-order chi connectivity index (χ0) is 7.40. The summed E-state index contributed by atoms with van der Waals surface area (Å²) in [6, 6.07) is -0.382. The third-order valence-electron chi connectivity index (χ3n) is 1.41. The van der Waals surface area contributed by atoms with E-state index in [0.29, 0.717) is 13.1 Å². The lowest BCUT2D eigenvalue weighted by atomic mass is 10.3. The molecular formula is C5H9N3O2.